The third-order valence-corrected chi connectivity index (χ3v) is 8.39. The van der Waals surface area contributed by atoms with Crippen LogP contribution < -0.4 is 14.4 Å². The van der Waals surface area contributed by atoms with E-state index in [-0.39, 0.29) is 15.6 Å². The van der Waals surface area contributed by atoms with Crippen LogP contribution in [-0.2, 0) is 14.8 Å². The highest BCUT2D eigenvalue weighted by molar-refractivity contribution is 8.01. The van der Waals surface area contributed by atoms with E-state index in [0.29, 0.717) is 10.9 Å². The molecule has 1 heterocycles. The van der Waals surface area contributed by atoms with Gasteiger partial charge in [0.15, 0.2) is 4.34 Å². The van der Waals surface area contributed by atoms with E-state index in [9.17, 15) is 13.2 Å². The molecule has 0 aliphatic heterocycles. The Morgan fingerprint density at radius 1 is 1.22 bits per heavy atom. The first-order chi connectivity index (χ1) is 15.3. The molecular formula is C20H21ClN4O4S3. The monoisotopic (exact) mass is 512 g/mol. The summed E-state index contributed by atoms with van der Waals surface area (Å²) in [5, 5.41) is 11.1. The standard InChI is InChI=1S/C20H21ClN4O4S3/c1-3-11-30-20-24-23-19(31-20)22-18(26)13-25(14-9-10-17(29-2)16(21)12-14)32(27,28)15-7-5-4-6-8-15/h4-10,12H,3,11,13H2,1-2H3,(H,22,23,26). The van der Waals surface area contributed by atoms with Crippen LogP contribution in [0.1, 0.15) is 13.3 Å². The number of nitrogens with zero attached hydrogens (tertiary/aromatic N) is 3. The highest BCUT2D eigenvalue weighted by atomic mass is 35.5. The van der Waals surface area contributed by atoms with Gasteiger partial charge in [-0.2, -0.15) is 0 Å². The quantitative estimate of drug-likeness (QED) is 0.314. The minimum atomic E-state index is -4.05. The summed E-state index contributed by atoms with van der Waals surface area (Å²) in [6.45, 7) is 1.58. The SMILES string of the molecule is CCCSc1nnc(NC(=O)CN(c2ccc(OC)c(Cl)c2)S(=O)(=O)c2ccccc2)s1. The molecule has 170 valence electrons. The minimum absolute atomic E-state index is 0.0499. The van der Waals surface area contributed by atoms with Crippen LogP contribution in [0.3, 0.4) is 0 Å². The normalized spacial score (nSPS) is 11.2. The number of ether oxygens (including phenoxy) is 1. The molecule has 0 saturated heterocycles. The maximum Gasteiger partial charge on any atom is 0.264 e. The van der Waals surface area contributed by atoms with E-state index in [1.807, 2.05) is 0 Å². The summed E-state index contributed by atoms with van der Waals surface area (Å²) in [6.07, 6.45) is 0.989. The number of sulfonamides is 1. The summed E-state index contributed by atoms with van der Waals surface area (Å²) in [4.78, 5) is 12.8. The Balaban J connectivity index is 1.88. The molecule has 0 bridgehead atoms. The van der Waals surface area contributed by atoms with Crippen LogP contribution in [0.5, 0.6) is 5.75 Å². The van der Waals surface area contributed by atoms with Crippen molar-refractivity contribution in [2.75, 3.05) is 29.0 Å². The van der Waals surface area contributed by atoms with Crippen LogP contribution in [-0.4, -0.2) is 43.9 Å². The molecule has 3 aromatic rings. The van der Waals surface area contributed by atoms with Crippen molar-refractivity contribution in [1.29, 1.82) is 0 Å². The number of anilines is 2. The average Bonchev–Trinajstić information content (AvgIpc) is 3.23. The van der Waals surface area contributed by atoms with Gasteiger partial charge >= 0.3 is 0 Å². The Morgan fingerprint density at radius 2 is 1.97 bits per heavy atom. The summed E-state index contributed by atoms with van der Waals surface area (Å²) < 4.78 is 33.6. The molecule has 0 spiro atoms. The Kier molecular flexibility index (Phi) is 8.35. The molecular weight excluding hydrogens is 492 g/mol. The number of hydrogen-bond acceptors (Lipinski definition) is 8. The number of halogens is 1. The summed E-state index contributed by atoms with van der Waals surface area (Å²) in [7, 11) is -2.59. The zero-order valence-electron chi connectivity index (χ0n) is 17.3. The van der Waals surface area contributed by atoms with Crippen LogP contribution in [0.25, 0.3) is 0 Å². The molecule has 0 atom stereocenters. The van der Waals surface area contributed by atoms with Crippen molar-refractivity contribution in [3.05, 3.63) is 53.6 Å². The Labute approximate surface area is 200 Å². The molecule has 1 N–H and O–H groups in total. The lowest BCUT2D eigenvalue weighted by atomic mass is 10.3. The molecule has 0 saturated carbocycles. The van der Waals surface area contributed by atoms with Gasteiger partial charge in [-0.1, -0.05) is 59.8 Å². The fourth-order valence-corrected chi connectivity index (χ4v) is 6.02. The first-order valence-electron chi connectivity index (χ1n) is 9.52. The summed E-state index contributed by atoms with van der Waals surface area (Å²) in [5.74, 6) is 0.728. The second-order valence-corrected chi connectivity index (χ2v) is 11.0. The predicted molar refractivity (Wildman–Crippen MR) is 129 cm³/mol. The fraction of sp³-hybridized carbons (Fsp3) is 0.250. The van der Waals surface area contributed by atoms with Crippen molar-refractivity contribution in [2.45, 2.75) is 22.6 Å². The van der Waals surface area contributed by atoms with Gasteiger partial charge in [-0.15, -0.1) is 10.2 Å². The third-order valence-electron chi connectivity index (χ3n) is 4.12. The molecule has 3 rings (SSSR count). The van der Waals surface area contributed by atoms with E-state index >= 15 is 0 Å². The topological polar surface area (TPSA) is 101 Å². The van der Waals surface area contributed by atoms with Gasteiger partial charge in [0.1, 0.15) is 12.3 Å². The van der Waals surface area contributed by atoms with Crippen LogP contribution in [0.2, 0.25) is 5.02 Å². The number of amides is 1. The Bertz CT molecular complexity index is 1170. The number of hydrogen-bond donors (Lipinski definition) is 1. The number of methoxy groups -OCH3 is 1. The number of thioether (sulfide) groups is 1. The molecule has 12 heteroatoms. The minimum Gasteiger partial charge on any atom is -0.495 e. The largest absolute Gasteiger partial charge is 0.495 e. The van der Waals surface area contributed by atoms with Gasteiger partial charge in [0.2, 0.25) is 11.0 Å². The summed E-state index contributed by atoms with van der Waals surface area (Å²) in [5.41, 5.74) is 0.228. The Hall–Kier alpha value is -2.34. The van der Waals surface area contributed by atoms with Crippen LogP contribution in [0.15, 0.2) is 57.8 Å². The predicted octanol–water partition coefficient (Wildman–Crippen LogP) is 4.54. The van der Waals surface area contributed by atoms with E-state index < -0.39 is 22.5 Å². The number of carbonyl (C=O) groups is 1. The maximum atomic E-state index is 13.4. The number of aromatic nitrogens is 2. The van der Waals surface area contributed by atoms with E-state index in [0.717, 1.165) is 20.8 Å². The summed E-state index contributed by atoms with van der Waals surface area (Å²) in [6, 6.07) is 12.4. The molecule has 0 aliphatic rings. The van der Waals surface area contributed by atoms with E-state index in [1.54, 1.807) is 36.0 Å². The average molecular weight is 513 g/mol. The van der Waals surface area contributed by atoms with E-state index in [2.05, 4.69) is 22.4 Å². The third kappa shape index (κ3) is 5.91. The van der Waals surface area contributed by atoms with E-state index in [4.69, 9.17) is 16.3 Å². The molecule has 32 heavy (non-hydrogen) atoms. The maximum absolute atomic E-state index is 13.4. The molecule has 2 aromatic carbocycles. The van der Waals surface area contributed by atoms with Gasteiger partial charge in [-0.05, 0) is 36.8 Å². The smallest absolute Gasteiger partial charge is 0.264 e. The zero-order valence-corrected chi connectivity index (χ0v) is 20.5. The molecule has 0 aliphatic carbocycles. The number of carbonyl (C=O) groups excluding carboxylic acids is 1. The highest BCUT2D eigenvalue weighted by Crippen LogP contribution is 2.32. The van der Waals surface area contributed by atoms with Gasteiger partial charge in [0, 0.05) is 5.75 Å². The summed E-state index contributed by atoms with van der Waals surface area (Å²) >= 11 is 9.00. The van der Waals surface area contributed by atoms with Crippen LogP contribution >= 0.6 is 34.7 Å². The molecule has 0 unspecified atom stereocenters. The second-order valence-electron chi connectivity index (χ2n) is 6.41. The van der Waals surface area contributed by atoms with Crippen molar-refractivity contribution in [3.63, 3.8) is 0 Å². The van der Waals surface area contributed by atoms with Gasteiger partial charge in [0.05, 0.1) is 22.7 Å². The highest BCUT2D eigenvalue weighted by Gasteiger charge is 2.28. The van der Waals surface area contributed by atoms with Gasteiger partial charge in [-0.25, -0.2) is 8.42 Å². The fourth-order valence-electron chi connectivity index (χ4n) is 2.64. The molecule has 0 radical (unpaired) electrons. The first-order valence-corrected chi connectivity index (χ1v) is 13.1. The second kappa shape index (κ2) is 11.0. The molecule has 1 amide bonds. The first kappa shape index (κ1) is 24.3. The van der Waals surface area contributed by atoms with Crippen molar-refractivity contribution < 1.29 is 17.9 Å². The lowest BCUT2D eigenvalue weighted by Gasteiger charge is -2.24. The molecule has 8 nitrogen and oxygen atoms in total. The van der Waals surface area contributed by atoms with Crippen molar-refractivity contribution in [3.8, 4) is 5.75 Å². The van der Waals surface area contributed by atoms with Crippen LogP contribution in [0, 0.1) is 0 Å². The zero-order chi connectivity index (χ0) is 23.1. The molecule has 1 aromatic heterocycles. The Morgan fingerprint density at radius 3 is 2.62 bits per heavy atom. The van der Waals surface area contributed by atoms with Gasteiger partial charge in [0.25, 0.3) is 10.0 Å². The number of nitrogens with one attached hydrogen (secondary N) is 1. The number of rotatable bonds is 10. The number of benzene rings is 2. The van der Waals surface area contributed by atoms with Crippen molar-refractivity contribution in [2.24, 2.45) is 0 Å². The van der Waals surface area contributed by atoms with Crippen LogP contribution in [0.4, 0.5) is 10.8 Å². The van der Waals surface area contributed by atoms with Gasteiger partial charge in [-0.3, -0.25) is 14.4 Å². The molecule has 0 fully saturated rings. The van der Waals surface area contributed by atoms with Crippen molar-refractivity contribution >= 4 is 61.4 Å². The lowest BCUT2D eigenvalue weighted by Crippen LogP contribution is -2.38. The van der Waals surface area contributed by atoms with Crippen molar-refractivity contribution in [1.82, 2.24) is 10.2 Å². The van der Waals surface area contributed by atoms with Gasteiger partial charge < -0.3 is 4.74 Å². The lowest BCUT2D eigenvalue weighted by molar-refractivity contribution is -0.114. The van der Waals surface area contributed by atoms with E-state index in [1.165, 1.54) is 42.7 Å².